The molecular weight excluding hydrogens is 500 g/mol. The first-order valence-electron chi connectivity index (χ1n) is 10.9. The number of benzene rings is 4. The highest BCUT2D eigenvalue weighted by molar-refractivity contribution is 5.97. The molecular formula is C26H16N2O10. The van der Waals surface area contributed by atoms with Crippen LogP contribution in [0.2, 0.25) is 0 Å². The number of phenols is 3. The van der Waals surface area contributed by atoms with Gasteiger partial charge < -0.3 is 24.8 Å². The van der Waals surface area contributed by atoms with Gasteiger partial charge in [0.05, 0.1) is 15.4 Å². The molecule has 4 aromatic rings. The van der Waals surface area contributed by atoms with E-state index in [1.165, 1.54) is 30.3 Å². The van der Waals surface area contributed by atoms with Crippen LogP contribution in [0.4, 0.5) is 11.4 Å². The van der Waals surface area contributed by atoms with Crippen molar-refractivity contribution in [1.29, 1.82) is 0 Å². The van der Waals surface area contributed by atoms with Gasteiger partial charge in [0, 0.05) is 34.9 Å². The maximum atomic E-state index is 12.5. The topological polar surface area (TPSA) is 182 Å². The molecule has 0 unspecified atom stereocenters. The van der Waals surface area contributed by atoms with Crippen LogP contribution in [0.15, 0.2) is 78.9 Å². The summed E-state index contributed by atoms with van der Waals surface area (Å²) in [6.45, 7) is 0. The number of hydrogen-bond donors (Lipinski definition) is 3. The van der Waals surface area contributed by atoms with E-state index in [1.54, 1.807) is 24.3 Å². The van der Waals surface area contributed by atoms with Crippen molar-refractivity contribution in [3.63, 3.8) is 0 Å². The summed E-state index contributed by atoms with van der Waals surface area (Å²) in [6.07, 6.45) is 0. The van der Waals surface area contributed by atoms with E-state index in [0.717, 1.165) is 12.1 Å². The molecule has 0 saturated carbocycles. The summed E-state index contributed by atoms with van der Waals surface area (Å²) in [6, 6.07) is 19.7. The molecule has 0 amide bonds. The summed E-state index contributed by atoms with van der Waals surface area (Å²) in [5.41, 5.74) is -0.316. The van der Waals surface area contributed by atoms with Gasteiger partial charge in [-0.25, -0.2) is 4.79 Å². The van der Waals surface area contributed by atoms with E-state index < -0.39 is 38.5 Å². The van der Waals surface area contributed by atoms with Crippen molar-refractivity contribution in [2.24, 2.45) is 0 Å². The molecule has 38 heavy (non-hydrogen) atoms. The number of para-hydroxylation sites is 1. The third-order valence-electron chi connectivity index (χ3n) is 6.05. The van der Waals surface area contributed by atoms with Gasteiger partial charge in [-0.1, -0.05) is 24.3 Å². The summed E-state index contributed by atoms with van der Waals surface area (Å²) < 4.78 is 11.8. The number of hydrogen-bond acceptors (Lipinski definition) is 10. The normalized spacial score (nSPS) is 13.6. The zero-order chi connectivity index (χ0) is 27.2. The fourth-order valence-electron chi connectivity index (χ4n) is 4.51. The molecule has 4 aromatic carbocycles. The Bertz CT molecular complexity index is 1600. The van der Waals surface area contributed by atoms with Crippen molar-refractivity contribution in [1.82, 2.24) is 0 Å². The van der Waals surface area contributed by atoms with Gasteiger partial charge in [-0.2, -0.15) is 0 Å². The fourth-order valence-corrected chi connectivity index (χ4v) is 4.51. The molecule has 12 heteroatoms. The van der Waals surface area contributed by atoms with Crippen molar-refractivity contribution in [3.05, 3.63) is 121 Å². The smallest absolute Gasteiger partial charge is 0.387 e. The average molecular weight is 516 g/mol. The van der Waals surface area contributed by atoms with Gasteiger partial charge >= 0.3 is 17.3 Å². The van der Waals surface area contributed by atoms with Gasteiger partial charge in [0.2, 0.25) is 5.75 Å². The molecule has 12 nitrogen and oxygen atoms in total. The number of carbonyl (C=O) groups excluding carboxylic acids is 1. The lowest BCUT2D eigenvalue weighted by Gasteiger charge is -2.36. The number of aromatic hydroxyl groups is 3. The number of nitro groups is 2. The standard InChI is InChI=1S/C20H12O5.C6H4N2O5/c21-11-5-7-15-17(9-11)24-18-10-12(22)6-8-16(18)20(15)14-4-2-1-3-13(14)19(23)25-20;9-5-3-1-2-4(7(10)11)6(5)8(12)13/h1-10,21-22H;1-3,9H. The molecule has 2 aliphatic heterocycles. The minimum atomic E-state index is -1.17. The Morgan fingerprint density at radius 3 is 1.87 bits per heavy atom. The molecule has 0 aliphatic carbocycles. The van der Waals surface area contributed by atoms with Crippen LogP contribution in [0.25, 0.3) is 0 Å². The Hall–Kier alpha value is -5.65. The highest BCUT2D eigenvalue weighted by Gasteiger charge is 2.53. The summed E-state index contributed by atoms with van der Waals surface area (Å²) in [7, 11) is 0. The van der Waals surface area contributed by atoms with Gasteiger partial charge in [-0.05, 0) is 36.4 Å². The third-order valence-corrected chi connectivity index (χ3v) is 6.05. The highest BCUT2D eigenvalue weighted by Crippen LogP contribution is 2.56. The van der Waals surface area contributed by atoms with Crippen LogP contribution in [0.1, 0.15) is 27.0 Å². The summed E-state index contributed by atoms with van der Waals surface area (Å²) >= 11 is 0. The summed E-state index contributed by atoms with van der Waals surface area (Å²) in [4.78, 5) is 31.2. The zero-order valence-corrected chi connectivity index (χ0v) is 19.1. The van der Waals surface area contributed by atoms with Crippen molar-refractivity contribution >= 4 is 17.3 Å². The number of carbonyl (C=O) groups is 1. The molecule has 0 fully saturated rings. The molecule has 2 heterocycles. The number of phenolic OH excluding ortho intramolecular Hbond substituents is 3. The van der Waals surface area contributed by atoms with Crippen LogP contribution in [-0.4, -0.2) is 31.1 Å². The van der Waals surface area contributed by atoms with E-state index in [1.807, 2.05) is 12.1 Å². The summed E-state index contributed by atoms with van der Waals surface area (Å²) in [5.74, 6) is -0.301. The van der Waals surface area contributed by atoms with Crippen molar-refractivity contribution < 1.29 is 39.4 Å². The molecule has 0 aromatic heterocycles. The van der Waals surface area contributed by atoms with Crippen LogP contribution in [0.3, 0.4) is 0 Å². The second-order valence-electron chi connectivity index (χ2n) is 8.24. The lowest BCUT2D eigenvalue weighted by Crippen LogP contribution is -2.32. The summed E-state index contributed by atoms with van der Waals surface area (Å²) in [5, 5.41) is 49.2. The highest BCUT2D eigenvalue weighted by atomic mass is 16.6. The van der Waals surface area contributed by atoms with Crippen molar-refractivity contribution in [2.45, 2.75) is 5.60 Å². The quantitative estimate of drug-likeness (QED) is 0.189. The first-order chi connectivity index (χ1) is 18.1. The Labute approximate surface area is 212 Å². The minimum Gasteiger partial charge on any atom is -0.508 e. The second kappa shape index (κ2) is 8.78. The van der Waals surface area contributed by atoms with Gasteiger partial charge in [-0.3, -0.25) is 20.2 Å². The molecule has 0 bridgehead atoms. The van der Waals surface area contributed by atoms with E-state index in [9.17, 15) is 35.2 Å². The first-order valence-corrected chi connectivity index (χ1v) is 10.9. The molecule has 6 rings (SSSR count). The van der Waals surface area contributed by atoms with Gasteiger partial charge in [0.15, 0.2) is 5.60 Å². The van der Waals surface area contributed by atoms with Crippen LogP contribution >= 0.6 is 0 Å². The van der Waals surface area contributed by atoms with E-state index >= 15 is 0 Å². The fraction of sp³-hybridized carbons (Fsp3) is 0.0385. The lowest BCUT2D eigenvalue weighted by atomic mass is 9.77. The maximum Gasteiger partial charge on any atom is 0.387 e. The van der Waals surface area contributed by atoms with E-state index in [0.29, 0.717) is 33.8 Å². The molecule has 0 atom stereocenters. The van der Waals surface area contributed by atoms with Gasteiger partial charge in [0.1, 0.15) is 23.0 Å². The van der Waals surface area contributed by atoms with E-state index in [4.69, 9.17) is 14.6 Å². The first kappa shape index (κ1) is 24.1. The second-order valence-corrected chi connectivity index (χ2v) is 8.24. The molecule has 0 saturated heterocycles. The number of rotatable bonds is 2. The van der Waals surface area contributed by atoms with Crippen LogP contribution in [0, 0.1) is 20.2 Å². The zero-order valence-electron chi connectivity index (χ0n) is 19.1. The average Bonchev–Trinajstić information content (AvgIpc) is 3.16. The van der Waals surface area contributed by atoms with E-state index in [-0.39, 0.29) is 11.5 Å². The third kappa shape index (κ3) is 3.67. The number of fused-ring (bicyclic) bond motifs is 6. The van der Waals surface area contributed by atoms with E-state index in [2.05, 4.69) is 0 Å². The predicted octanol–water partition coefficient (Wildman–Crippen LogP) is 4.87. The number of nitrogens with zero attached hydrogens (tertiary/aromatic N) is 2. The SMILES string of the molecule is O=C1OC2(c3ccc(O)cc3Oc3cc(O)ccc32)c2ccccc21.O=[N+]([O-])c1cccc(O)c1[N+](=O)[O-]. The number of esters is 1. The van der Waals surface area contributed by atoms with Crippen LogP contribution < -0.4 is 4.74 Å². The monoisotopic (exact) mass is 516 g/mol. The minimum absolute atomic E-state index is 0.0371. The maximum absolute atomic E-state index is 12.5. The largest absolute Gasteiger partial charge is 0.508 e. The van der Waals surface area contributed by atoms with Gasteiger partial charge in [0.25, 0.3) is 0 Å². The number of ether oxygens (including phenoxy) is 2. The van der Waals surface area contributed by atoms with Crippen LogP contribution in [0.5, 0.6) is 28.7 Å². The predicted molar refractivity (Wildman–Crippen MR) is 129 cm³/mol. The lowest BCUT2D eigenvalue weighted by molar-refractivity contribution is -0.423. The molecule has 0 radical (unpaired) electrons. The number of nitro benzene ring substituents is 2. The Morgan fingerprint density at radius 2 is 1.32 bits per heavy atom. The Balaban J connectivity index is 0.000000193. The molecule has 1 spiro atoms. The van der Waals surface area contributed by atoms with Crippen molar-refractivity contribution in [2.75, 3.05) is 0 Å². The Morgan fingerprint density at radius 1 is 0.711 bits per heavy atom. The van der Waals surface area contributed by atoms with Crippen molar-refractivity contribution in [3.8, 4) is 28.7 Å². The van der Waals surface area contributed by atoms with Crippen LogP contribution in [-0.2, 0) is 10.3 Å². The van der Waals surface area contributed by atoms with Gasteiger partial charge in [-0.15, -0.1) is 0 Å². The molecule has 190 valence electrons. The Kier molecular flexibility index (Phi) is 5.56. The molecule has 3 N–H and O–H groups in total. The molecule has 2 aliphatic rings.